The van der Waals surface area contributed by atoms with Crippen LogP contribution in [0, 0.1) is 12.7 Å². The number of piperidine rings is 1. The van der Waals surface area contributed by atoms with E-state index >= 15 is 0 Å². The molecule has 2 aromatic carbocycles. The minimum absolute atomic E-state index is 0.174. The number of likely N-dealkylation sites (tertiary alicyclic amines) is 1. The minimum Gasteiger partial charge on any atom is -0.383 e. The van der Waals surface area contributed by atoms with Gasteiger partial charge in [-0.25, -0.2) is 4.39 Å². The molecule has 0 unspecified atom stereocenters. The molecule has 4 rings (SSSR count). The van der Waals surface area contributed by atoms with Crippen molar-refractivity contribution in [3.63, 3.8) is 0 Å². The molecule has 2 saturated heterocycles. The van der Waals surface area contributed by atoms with Crippen molar-refractivity contribution < 1.29 is 14.3 Å². The summed E-state index contributed by atoms with van der Waals surface area (Å²) in [5, 5.41) is 11.8. The van der Waals surface area contributed by atoms with Crippen LogP contribution in [0.1, 0.15) is 27.9 Å². The number of piperazine rings is 1. The van der Waals surface area contributed by atoms with Gasteiger partial charge in [0, 0.05) is 44.8 Å². The first-order chi connectivity index (χ1) is 14.4. The lowest BCUT2D eigenvalue weighted by Gasteiger charge is -2.51. The van der Waals surface area contributed by atoms with Gasteiger partial charge in [0.25, 0.3) is 5.91 Å². The fourth-order valence-corrected chi connectivity index (χ4v) is 4.76. The molecule has 2 aliphatic heterocycles. The van der Waals surface area contributed by atoms with Crippen LogP contribution in [-0.4, -0.2) is 78.1 Å². The Labute approximate surface area is 177 Å². The van der Waals surface area contributed by atoms with Crippen molar-refractivity contribution in [1.82, 2.24) is 14.7 Å². The number of nitrogens with zero attached hydrogens (tertiary/aromatic N) is 3. The summed E-state index contributed by atoms with van der Waals surface area (Å²) < 4.78 is 13.9. The molecule has 6 heteroatoms. The average molecular weight is 412 g/mol. The Bertz CT molecular complexity index is 878. The Hall–Kier alpha value is -2.28. The Morgan fingerprint density at radius 3 is 2.43 bits per heavy atom. The molecular weight excluding hydrogens is 381 g/mol. The largest absolute Gasteiger partial charge is 0.383 e. The van der Waals surface area contributed by atoms with E-state index in [0.717, 1.165) is 37.3 Å². The standard InChI is InChI=1S/C24H30FN3O2/c1-18-14-19(16-21(25)15-18)23(29)28-9-8-24(30,20-6-4-3-5-7-20)22(17-28)27-12-10-26(2)11-13-27/h3-7,14-16,22,30H,8-13,17H2,1-2H3/t22-,24+/m1/s1. The molecule has 2 aliphatic rings. The number of carbonyl (C=O) groups is 1. The highest BCUT2D eigenvalue weighted by atomic mass is 19.1. The first-order valence-electron chi connectivity index (χ1n) is 10.6. The van der Waals surface area contributed by atoms with Crippen LogP contribution in [-0.2, 0) is 5.60 Å². The molecular formula is C24H30FN3O2. The SMILES string of the molecule is Cc1cc(F)cc(C(=O)N2CC[C@](O)(c3ccccc3)[C@H](N3CCN(C)CC3)C2)c1. The van der Waals surface area contributed by atoms with Crippen molar-refractivity contribution >= 4 is 5.91 Å². The number of aryl methyl sites for hydroxylation is 1. The van der Waals surface area contributed by atoms with Crippen molar-refractivity contribution in [2.45, 2.75) is 25.0 Å². The Morgan fingerprint density at radius 2 is 1.77 bits per heavy atom. The van der Waals surface area contributed by atoms with Gasteiger partial charge in [-0.1, -0.05) is 30.3 Å². The summed E-state index contributed by atoms with van der Waals surface area (Å²) in [6, 6.07) is 14.0. The number of likely N-dealkylation sites (N-methyl/N-ethyl adjacent to an activating group) is 1. The molecule has 0 bridgehead atoms. The summed E-state index contributed by atoms with van der Waals surface area (Å²) in [4.78, 5) is 19.5. The number of benzene rings is 2. The Kier molecular flexibility index (Phi) is 5.91. The van der Waals surface area contributed by atoms with Gasteiger partial charge in [-0.3, -0.25) is 9.69 Å². The molecule has 5 nitrogen and oxygen atoms in total. The molecule has 2 aromatic rings. The van der Waals surface area contributed by atoms with Gasteiger partial charge in [-0.2, -0.15) is 0 Å². The molecule has 2 atom stereocenters. The molecule has 0 radical (unpaired) electrons. The zero-order chi connectivity index (χ0) is 21.3. The number of carbonyl (C=O) groups excluding carboxylic acids is 1. The monoisotopic (exact) mass is 411 g/mol. The van der Waals surface area contributed by atoms with E-state index in [1.54, 1.807) is 17.9 Å². The number of aliphatic hydroxyl groups is 1. The van der Waals surface area contributed by atoms with Gasteiger partial charge in [-0.05, 0) is 49.7 Å². The van der Waals surface area contributed by atoms with E-state index in [-0.39, 0.29) is 11.9 Å². The summed E-state index contributed by atoms with van der Waals surface area (Å²) >= 11 is 0. The molecule has 1 amide bonds. The van der Waals surface area contributed by atoms with Crippen LogP contribution in [0.15, 0.2) is 48.5 Å². The van der Waals surface area contributed by atoms with Crippen molar-refractivity contribution in [3.05, 3.63) is 71.0 Å². The maximum absolute atomic E-state index is 13.9. The highest BCUT2D eigenvalue weighted by Gasteiger charge is 2.47. The summed E-state index contributed by atoms with van der Waals surface area (Å²) in [5.41, 5.74) is 0.968. The number of hydrogen-bond donors (Lipinski definition) is 1. The lowest BCUT2D eigenvalue weighted by Crippen LogP contribution is -2.64. The molecule has 160 valence electrons. The fraction of sp³-hybridized carbons (Fsp3) is 0.458. The van der Waals surface area contributed by atoms with Crippen LogP contribution in [0.5, 0.6) is 0 Å². The maximum Gasteiger partial charge on any atom is 0.254 e. The van der Waals surface area contributed by atoms with Gasteiger partial charge in [0.2, 0.25) is 0 Å². The number of hydrogen-bond acceptors (Lipinski definition) is 4. The van der Waals surface area contributed by atoms with Crippen LogP contribution in [0.3, 0.4) is 0 Å². The summed E-state index contributed by atoms with van der Waals surface area (Å²) in [6.07, 6.45) is 0.452. The summed E-state index contributed by atoms with van der Waals surface area (Å²) in [7, 11) is 2.10. The van der Waals surface area contributed by atoms with Crippen LogP contribution < -0.4 is 0 Å². The maximum atomic E-state index is 13.9. The van der Waals surface area contributed by atoms with Gasteiger partial charge in [-0.15, -0.1) is 0 Å². The van der Waals surface area contributed by atoms with Gasteiger partial charge in [0.1, 0.15) is 11.4 Å². The molecule has 1 N–H and O–H groups in total. The molecule has 0 saturated carbocycles. The van der Waals surface area contributed by atoms with E-state index in [4.69, 9.17) is 0 Å². The van der Waals surface area contributed by atoms with Crippen molar-refractivity contribution in [1.29, 1.82) is 0 Å². The van der Waals surface area contributed by atoms with Crippen LogP contribution in [0.2, 0.25) is 0 Å². The minimum atomic E-state index is -1.02. The number of rotatable bonds is 3. The average Bonchev–Trinajstić information content (AvgIpc) is 2.74. The predicted molar refractivity (Wildman–Crippen MR) is 115 cm³/mol. The second-order valence-electron chi connectivity index (χ2n) is 8.66. The summed E-state index contributed by atoms with van der Waals surface area (Å²) in [6.45, 7) is 6.19. The van der Waals surface area contributed by atoms with E-state index in [9.17, 15) is 14.3 Å². The quantitative estimate of drug-likeness (QED) is 0.843. The Morgan fingerprint density at radius 1 is 1.07 bits per heavy atom. The molecule has 0 aromatic heterocycles. The number of amides is 1. The van der Waals surface area contributed by atoms with Crippen molar-refractivity contribution in [3.8, 4) is 0 Å². The zero-order valence-corrected chi connectivity index (χ0v) is 17.7. The fourth-order valence-electron chi connectivity index (χ4n) is 4.76. The third kappa shape index (κ3) is 4.13. The van der Waals surface area contributed by atoms with Gasteiger partial charge >= 0.3 is 0 Å². The molecule has 30 heavy (non-hydrogen) atoms. The van der Waals surface area contributed by atoms with E-state index in [1.807, 2.05) is 30.3 Å². The molecule has 2 heterocycles. The first-order valence-corrected chi connectivity index (χ1v) is 10.6. The highest BCUT2D eigenvalue weighted by Crippen LogP contribution is 2.37. The van der Waals surface area contributed by atoms with Crippen LogP contribution in [0.4, 0.5) is 4.39 Å². The van der Waals surface area contributed by atoms with Crippen LogP contribution >= 0.6 is 0 Å². The van der Waals surface area contributed by atoms with Crippen molar-refractivity contribution in [2.75, 3.05) is 46.3 Å². The predicted octanol–water partition coefficient (Wildman–Crippen LogP) is 2.48. The molecule has 2 fully saturated rings. The van der Waals surface area contributed by atoms with E-state index in [1.165, 1.54) is 12.1 Å². The second kappa shape index (κ2) is 8.46. The highest BCUT2D eigenvalue weighted by molar-refractivity contribution is 5.94. The van der Waals surface area contributed by atoms with E-state index in [0.29, 0.717) is 25.1 Å². The van der Waals surface area contributed by atoms with Gasteiger partial charge in [0.15, 0.2) is 0 Å². The van der Waals surface area contributed by atoms with Crippen molar-refractivity contribution in [2.24, 2.45) is 0 Å². The van der Waals surface area contributed by atoms with Gasteiger partial charge < -0.3 is 14.9 Å². The smallest absolute Gasteiger partial charge is 0.254 e. The Balaban J connectivity index is 1.62. The molecule has 0 spiro atoms. The van der Waals surface area contributed by atoms with Crippen LogP contribution in [0.25, 0.3) is 0 Å². The third-order valence-corrected chi connectivity index (χ3v) is 6.54. The number of halogens is 1. The van der Waals surface area contributed by atoms with Gasteiger partial charge in [0.05, 0.1) is 6.04 Å². The lowest BCUT2D eigenvalue weighted by molar-refractivity contribution is -0.101. The molecule has 0 aliphatic carbocycles. The first kappa shape index (κ1) is 21.0. The lowest BCUT2D eigenvalue weighted by atomic mass is 9.79. The van der Waals surface area contributed by atoms with E-state index < -0.39 is 11.4 Å². The normalized spacial score (nSPS) is 26.0. The summed E-state index contributed by atoms with van der Waals surface area (Å²) in [5.74, 6) is -0.571. The van der Waals surface area contributed by atoms with E-state index in [2.05, 4.69) is 16.8 Å². The third-order valence-electron chi connectivity index (χ3n) is 6.54. The zero-order valence-electron chi connectivity index (χ0n) is 17.7. The topological polar surface area (TPSA) is 47.0 Å². The second-order valence-corrected chi connectivity index (χ2v) is 8.66.